The van der Waals surface area contributed by atoms with Crippen LogP contribution in [0.15, 0.2) is 30.3 Å². The van der Waals surface area contributed by atoms with E-state index in [1.165, 1.54) is 0 Å². The molecule has 0 N–H and O–H groups in total. The summed E-state index contributed by atoms with van der Waals surface area (Å²) in [5.74, 6) is 0.147. The van der Waals surface area contributed by atoms with Crippen LogP contribution in [0.5, 0.6) is 0 Å². The van der Waals surface area contributed by atoms with E-state index in [1.807, 2.05) is 30.0 Å². The lowest BCUT2D eigenvalue weighted by atomic mass is 9.60. The number of benzene rings is 1. The molecule has 1 aliphatic carbocycles. The van der Waals surface area contributed by atoms with Gasteiger partial charge in [0.25, 0.3) is 0 Å². The van der Waals surface area contributed by atoms with Gasteiger partial charge < -0.3 is 9.64 Å². The molecule has 1 saturated carbocycles. The molecule has 4 heteroatoms. The summed E-state index contributed by atoms with van der Waals surface area (Å²) in [6, 6.07) is 10.1. The number of rotatable bonds is 5. The van der Waals surface area contributed by atoms with Crippen LogP contribution in [-0.2, 0) is 14.3 Å². The second-order valence-corrected chi connectivity index (χ2v) is 6.76. The van der Waals surface area contributed by atoms with Crippen molar-refractivity contribution in [3.63, 3.8) is 0 Å². The van der Waals surface area contributed by atoms with Crippen molar-refractivity contribution in [1.82, 2.24) is 4.90 Å². The molecule has 0 radical (unpaired) electrons. The number of ether oxygens (including phenoxy) is 1. The van der Waals surface area contributed by atoms with Crippen LogP contribution in [0.3, 0.4) is 0 Å². The highest BCUT2D eigenvalue weighted by Gasteiger charge is 2.55. The first-order valence-corrected chi connectivity index (χ1v) is 8.60. The molecule has 0 bridgehead atoms. The lowest BCUT2D eigenvalue weighted by Crippen LogP contribution is -2.46. The van der Waals surface area contributed by atoms with Crippen LogP contribution in [0.4, 0.5) is 0 Å². The third kappa shape index (κ3) is 2.75. The average molecular weight is 315 g/mol. The van der Waals surface area contributed by atoms with E-state index in [0.29, 0.717) is 19.6 Å². The summed E-state index contributed by atoms with van der Waals surface area (Å²) in [5.41, 5.74) is 0.719. The number of carbonyl (C=O) groups excluding carboxylic acids is 2. The molecule has 1 saturated heterocycles. The van der Waals surface area contributed by atoms with Gasteiger partial charge in [-0.1, -0.05) is 36.8 Å². The SMILES string of the molecule is CCOC(=O)C1(C2CC(=O)N([C@@H](C)c3ccccc3)C2)CCC1. The average Bonchev–Trinajstić information content (AvgIpc) is 2.88. The summed E-state index contributed by atoms with van der Waals surface area (Å²) < 4.78 is 5.31. The van der Waals surface area contributed by atoms with Gasteiger partial charge in [0.2, 0.25) is 5.91 Å². The molecule has 1 aromatic rings. The predicted octanol–water partition coefficient (Wildman–Crippen LogP) is 3.33. The number of likely N-dealkylation sites (tertiary alicyclic amines) is 1. The highest BCUT2D eigenvalue weighted by molar-refractivity contribution is 5.83. The molecule has 4 nitrogen and oxygen atoms in total. The van der Waals surface area contributed by atoms with Crippen LogP contribution in [0.25, 0.3) is 0 Å². The Morgan fingerprint density at radius 1 is 1.35 bits per heavy atom. The summed E-state index contributed by atoms with van der Waals surface area (Å²) in [7, 11) is 0. The predicted molar refractivity (Wildman–Crippen MR) is 87.6 cm³/mol. The molecule has 124 valence electrons. The Bertz CT molecular complexity index is 580. The molecule has 0 aromatic heterocycles. The zero-order valence-corrected chi connectivity index (χ0v) is 14.0. The summed E-state index contributed by atoms with van der Waals surface area (Å²) in [5, 5.41) is 0. The van der Waals surface area contributed by atoms with Crippen molar-refractivity contribution in [3.8, 4) is 0 Å². The Morgan fingerprint density at radius 2 is 2.04 bits per heavy atom. The van der Waals surface area contributed by atoms with Gasteiger partial charge in [-0.3, -0.25) is 9.59 Å². The van der Waals surface area contributed by atoms with Gasteiger partial charge in [-0.15, -0.1) is 0 Å². The molecule has 1 aliphatic heterocycles. The van der Waals surface area contributed by atoms with Gasteiger partial charge in [0, 0.05) is 18.9 Å². The van der Waals surface area contributed by atoms with E-state index >= 15 is 0 Å². The Morgan fingerprint density at radius 3 is 2.61 bits per heavy atom. The highest BCUT2D eigenvalue weighted by atomic mass is 16.5. The third-order valence-corrected chi connectivity index (χ3v) is 5.62. The second kappa shape index (κ2) is 6.34. The number of esters is 1. The maximum atomic E-state index is 12.5. The quantitative estimate of drug-likeness (QED) is 0.783. The van der Waals surface area contributed by atoms with Crippen molar-refractivity contribution in [2.75, 3.05) is 13.2 Å². The van der Waals surface area contributed by atoms with Crippen molar-refractivity contribution in [3.05, 3.63) is 35.9 Å². The normalized spacial score (nSPS) is 24.2. The van der Waals surface area contributed by atoms with Crippen LogP contribution >= 0.6 is 0 Å². The second-order valence-electron chi connectivity index (χ2n) is 6.76. The lowest BCUT2D eigenvalue weighted by molar-refractivity contribution is -0.166. The fourth-order valence-corrected chi connectivity index (χ4v) is 4.00. The fraction of sp³-hybridized carbons (Fsp3) is 0.579. The topological polar surface area (TPSA) is 46.6 Å². The molecule has 1 aromatic carbocycles. The maximum absolute atomic E-state index is 12.5. The maximum Gasteiger partial charge on any atom is 0.312 e. The first-order valence-electron chi connectivity index (χ1n) is 8.60. The van der Waals surface area contributed by atoms with E-state index in [1.54, 1.807) is 0 Å². The highest BCUT2D eigenvalue weighted by Crippen LogP contribution is 2.52. The Hall–Kier alpha value is -1.84. The van der Waals surface area contributed by atoms with Crippen LogP contribution in [-0.4, -0.2) is 29.9 Å². The molecule has 0 spiro atoms. The summed E-state index contributed by atoms with van der Waals surface area (Å²) >= 11 is 0. The summed E-state index contributed by atoms with van der Waals surface area (Å²) in [6.45, 7) is 4.97. The van der Waals surface area contributed by atoms with E-state index < -0.39 is 5.41 Å². The molecule has 23 heavy (non-hydrogen) atoms. The van der Waals surface area contributed by atoms with E-state index in [4.69, 9.17) is 4.74 Å². The number of nitrogens with zero attached hydrogens (tertiary/aromatic N) is 1. The minimum Gasteiger partial charge on any atom is -0.466 e. The van der Waals surface area contributed by atoms with Gasteiger partial charge in [0.1, 0.15) is 0 Å². The summed E-state index contributed by atoms with van der Waals surface area (Å²) in [4.78, 5) is 26.9. The number of amides is 1. The van der Waals surface area contributed by atoms with E-state index in [9.17, 15) is 9.59 Å². The number of hydrogen-bond acceptors (Lipinski definition) is 3. The Labute approximate surface area is 137 Å². The van der Waals surface area contributed by atoms with Crippen molar-refractivity contribution in [2.24, 2.45) is 11.3 Å². The van der Waals surface area contributed by atoms with E-state index in [-0.39, 0.29) is 23.8 Å². The minimum absolute atomic E-state index is 0.0491. The third-order valence-electron chi connectivity index (χ3n) is 5.62. The van der Waals surface area contributed by atoms with Gasteiger partial charge in [0.15, 0.2) is 0 Å². The molecule has 2 atom stereocenters. The molecule has 3 rings (SSSR count). The zero-order valence-electron chi connectivity index (χ0n) is 14.0. The molecule has 1 unspecified atom stereocenters. The lowest BCUT2D eigenvalue weighted by Gasteiger charge is -2.43. The van der Waals surface area contributed by atoms with Crippen molar-refractivity contribution in [1.29, 1.82) is 0 Å². The molecular weight excluding hydrogens is 290 g/mol. The molecular formula is C19H25NO3. The molecule has 1 amide bonds. The van der Waals surface area contributed by atoms with Crippen LogP contribution < -0.4 is 0 Å². The van der Waals surface area contributed by atoms with Crippen molar-refractivity contribution >= 4 is 11.9 Å². The minimum atomic E-state index is -0.420. The Balaban J connectivity index is 1.75. The van der Waals surface area contributed by atoms with Crippen LogP contribution in [0, 0.1) is 11.3 Å². The summed E-state index contributed by atoms with van der Waals surface area (Å²) in [6.07, 6.45) is 3.24. The van der Waals surface area contributed by atoms with E-state index in [0.717, 1.165) is 24.8 Å². The van der Waals surface area contributed by atoms with Gasteiger partial charge in [-0.05, 0) is 32.3 Å². The van der Waals surface area contributed by atoms with Gasteiger partial charge in [-0.2, -0.15) is 0 Å². The number of carbonyl (C=O) groups is 2. The van der Waals surface area contributed by atoms with E-state index in [2.05, 4.69) is 19.1 Å². The largest absolute Gasteiger partial charge is 0.466 e. The van der Waals surface area contributed by atoms with Gasteiger partial charge in [0.05, 0.1) is 18.1 Å². The molecule has 2 aliphatic rings. The smallest absolute Gasteiger partial charge is 0.312 e. The fourth-order valence-electron chi connectivity index (χ4n) is 4.00. The first kappa shape index (κ1) is 16.0. The van der Waals surface area contributed by atoms with Crippen LogP contribution in [0.1, 0.15) is 51.1 Å². The van der Waals surface area contributed by atoms with Gasteiger partial charge in [-0.25, -0.2) is 0 Å². The van der Waals surface area contributed by atoms with Crippen molar-refractivity contribution < 1.29 is 14.3 Å². The van der Waals surface area contributed by atoms with Crippen molar-refractivity contribution in [2.45, 2.75) is 45.6 Å². The molecule has 1 heterocycles. The van der Waals surface area contributed by atoms with Crippen LogP contribution in [0.2, 0.25) is 0 Å². The monoisotopic (exact) mass is 315 g/mol. The number of hydrogen-bond donors (Lipinski definition) is 0. The molecule has 2 fully saturated rings. The zero-order chi connectivity index (χ0) is 16.4. The van der Waals surface area contributed by atoms with Gasteiger partial charge >= 0.3 is 5.97 Å². The standard InChI is InChI=1S/C19H25NO3/c1-3-23-18(22)19(10-7-11-19)16-12-17(21)20(13-16)14(2)15-8-5-4-6-9-15/h4-6,8-9,14,16H,3,7,10-13H2,1-2H3/t14-,16?/m0/s1. The Kier molecular flexibility index (Phi) is 4.42. The first-order chi connectivity index (χ1) is 11.1.